The maximum absolute atomic E-state index is 12.1. The van der Waals surface area contributed by atoms with Crippen LogP contribution in [0.25, 0.3) is 0 Å². The van der Waals surface area contributed by atoms with Gasteiger partial charge in [0.25, 0.3) is 0 Å². The molecule has 6 atom stereocenters. The summed E-state index contributed by atoms with van der Waals surface area (Å²) in [5.41, 5.74) is 3.35. The van der Waals surface area contributed by atoms with Crippen molar-refractivity contribution in [2.45, 2.75) is 80.5 Å². The molecule has 1 heterocycles. The van der Waals surface area contributed by atoms with Crippen LogP contribution in [-0.2, 0) is 18.0 Å². The summed E-state index contributed by atoms with van der Waals surface area (Å²) in [6.45, 7) is 3.48. The molecule has 0 aromatic rings. The van der Waals surface area contributed by atoms with E-state index < -0.39 is 50.7 Å². The van der Waals surface area contributed by atoms with E-state index in [0.717, 1.165) is 0 Å². The summed E-state index contributed by atoms with van der Waals surface area (Å²) in [5.74, 6) is 0. The summed E-state index contributed by atoms with van der Waals surface area (Å²) in [6.07, 6.45) is -4.99. The van der Waals surface area contributed by atoms with Gasteiger partial charge in [0.05, 0.1) is 0 Å². The van der Waals surface area contributed by atoms with E-state index >= 15 is 0 Å². The first-order chi connectivity index (χ1) is 9.67. The maximum atomic E-state index is 12.1. The number of ether oxygens (including phenoxy) is 3. The number of hydrogen-bond donors (Lipinski definition) is 3. The van der Waals surface area contributed by atoms with E-state index in [4.69, 9.17) is 14.2 Å². The van der Waals surface area contributed by atoms with Gasteiger partial charge in [-0.15, -0.1) is 0 Å². The number of hydrogen-bond acceptors (Lipinski definition) is 7. The van der Waals surface area contributed by atoms with Crippen molar-refractivity contribution >= 4 is 13.5 Å². The second-order valence-electron chi connectivity index (χ2n) is 5.75. The van der Waals surface area contributed by atoms with Crippen molar-refractivity contribution in [3.63, 3.8) is 0 Å². The minimum absolute atomic E-state index is 0.262. The molecule has 7 nitrogen and oxygen atoms in total. The van der Waals surface area contributed by atoms with Gasteiger partial charge in [0.2, 0.25) is 0 Å². The quantitative estimate of drug-likeness (QED) is 0.424. The first-order valence-electron chi connectivity index (χ1n) is 7.22. The van der Waals surface area contributed by atoms with Crippen LogP contribution in [0.15, 0.2) is 0 Å². The molecular weight excluding hydrogens is 343 g/mol. The molecule has 1 aliphatic rings. The standard InChI is InChI=1S/C13H27AsO7/c1-5-9(15)20-11-8(7-14(3,4)18)19-13(17)12(11)21-10(16)6-2/h8-13,15-17H,5-7H2,1-4H3/t8-,9?,10?,11-,12-,13-/m1/s1. The van der Waals surface area contributed by atoms with Gasteiger partial charge in [-0.25, -0.2) is 0 Å². The van der Waals surface area contributed by atoms with E-state index in [0.29, 0.717) is 12.8 Å². The molecule has 1 fully saturated rings. The van der Waals surface area contributed by atoms with Crippen molar-refractivity contribution in [3.8, 4) is 0 Å². The Balaban J connectivity index is 2.85. The van der Waals surface area contributed by atoms with Crippen molar-refractivity contribution < 1.29 is 33.3 Å². The van der Waals surface area contributed by atoms with Gasteiger partial charge in [0, 0.05) is 0 Å². The first kappa shape index (κ1) is 19.2. The van der Waals surface area contributed by atoms with Gasteiger partial charge < -0.3 is 0 Å². The zero-order valence-electron chi connectivity index (χ0n) is 13.0. The van der Waals surface area contributed by atoms with E-state index in [1.54, 1.807) is 25.3 Å². The van der Waals surface area contributed by atoms with Crippen LogP contribution in [0, 0.1) is 0 Å². The first-order valence-corrected chi connectivity index (χ1v) is 13.1. The van der Waals surface area contributed by atoms with Gasteiger partial charge in [-0.1, -0.05) is 0 Å². The molecule has 1 aliphatic heterocycles. The molecule has 0 aromatic heterocycles. The van der Waals surface area contributed by atoms with E-state index in [9.17, 15) is 19.1 Å². The summed E-state index contributed by atoms with van der Waals surface area (Å²) in [4.78, 5) is 0. The number of rotatable bonds is 8. The third kappa shape index (κ3) is 6.02. The molecule has 0 saturated carbocycles. The molecule has 1 rings (SSSR count). The Bertz CT molecular complexity index is 358. The van der Waals surface area contributed by atoms with E-state index in [-0.39, 0.29) is 5.21 Å². The Hall–Kier alpha value is 0.118. The average Bonchev–Trinajstić information content (AvgIpc) is 2.64. The van der Waals surface area contributed by atoms with E-state index in [2.05, 4.69) is 0 Å². The molecule has 2 unspecified atom stereocenters. The summed E-state index contributed by atoms with van der Waals surface area (Å²) in [5, 5.41) is 29.5. The summed E-state index contributed by atoms with van der Waals surface area (Å²) < 4.78 is 28.2. The molecule has 1 saturated heterocycles. The van der Waals surface area contributed by atoms with Crippen molar-refractivity contribution in [1.82, 2.24) is 0 Å². The van der Waals surface area contributed by atoms with Crippen molar-refractivity contribution in [3.05, 3.63) is 0 Å². The van der Waals surface area contributed by atoms with Gasteiger partial charge in [-0.3, -0.25) is 0 Å². The van der Waals surface area contributed by atoms with Crippen LogP contribution in [0.3, 0.4) is 0 Å². The molecule has 0 bridgehead atoms. The molecule has 8 heteroatoms. The summed E-state index contributed by atoms with van der Waals surface area (Å²) >= 11 is -3.04. The molecule has 0 aromatic carbocycles. The normalized spacial score (nSPS) is 33.1. The average molecular weight is 370 g/mol. The third-order valence-corrected chi connectivity index (χ3v) is 5.83. The third-order valence-electron chi connectivity index (χ3n) is 3.23. The van der Waals surface area contributed by atoms with Crippen molar-refractivity contribution in [2.24, 2.45) is 0 Å². The van der Waals surface area contributed by atoms with Gasteiger partial charge in [0.1, 0.15) is 0 Å². The number of aliphatic hydroxyl groups excluding tert-OH is 3. The Labute approximate surface area is 127 Å². The second kappa shape index (κ2) is 8.11. The molecule has 3 N–H and O–H groups in total. The van der Waals surface area contributed by atoms with Crippen LogP contribution in [0.4, 0.5) is 0 Å². The Morgan fingerprint density at radius 3 is 2.00 bits per heavy atom. The molecule has 0 amide bonds. The fraction of sp³-hybridized carbons (Fsp3) is 1.00. The van der Waals surface area contributed by atoms with Gasteiger partial charge in [-0.2, -0.15) is 0 Å². The molecule has 0 radical (unpaired) electrons. The summed E-state index contributed by atoms with van der Waals surface area (Å²) in [7, 11) is 0. The van der Waals surface area contributed by atoms with Crippen molar-refractivity contribution in [1.29, 1.82) is 0 Å². The SMILES string of the molecule is CCC(O)O[C@@H]1[C@H](OC(O)CC)[C@@H](C[As](C)(C)=O)O[C@H]1O. The van der Waals surface area contributed by atoms with E-state index in [1.165, 1.54) is 0 Å². The van der Waals surface area contributed by atoms with Crippen LogP contribution in [-0.4, -0.2) is 66.0 Å². The zero-order valence-corrected chi connectivity index (χ0v) is 14.9. The van der Waals surface area contributed by atoms with Crippen LogP contribution >= 0.6 is 0 Å². The Morgan fingerprint density at radius 1 is 1.10 bits per heavy atom. The Kier molecular flexibility index (Phi) is 7.40. The number of aliphatic hydroxyl groups is 3. The fourth-order valence-corrected chi connectivity index (χ4v) is 4.59. The molecule has 126 valence electrons. The predicted octanol–water partition coefficient (Wildman–Crippen LogP) is 0.566. The fourth-order valence-electron chi connectivity index (χ4n) is 2.15. The molecule has 0 aliphatic carbocycles. The van der Waals surface area contributed by atoms with Gasteiger partial charge in [0.15, 0.2) is 0 Å². The van der Waals surface area contributed by atoms with E-state index in [1.807, 2.05) is 0 Å². The minimum atomic E-state index is -3.04. The van der Waals surface area contributed by atoms with Gasteiger partial charge >= 0.3 is 127 Å². The predicted molar refractivity (Wildman–Crippen MR) is 76.2 cm³/mol. The van der Waals surface area contributed by atoms with Gasteiger partial charge in [-0.05, 0) is 0 Å². The molecule has 0 spiro atoms. The van der Waals surface area contributed by atoms with Crippen LogP contribution in [0.5, 0.6) is 0 Å². The zero-order chi connectivity index (χ0) is 16.2. The molecule has 21 heavy (non-hydrogen) atoms. The van der Waals surface area contributed by atoms with Crippen LogP contribution in [0.2, 0.25) is 16.6 Å². The topological polar surface area (TPSA) is 105 Å². The monoisotopic (exact) mass is 370 g/mol. The van der Waals surface area contributed by atoms with Crippen LogP contribution in [0.1, 0.15) is 26.7 Å². The summed E-state index contributed by atoms with van der Waals surface area (Å²) in [6, 6.07) is 0. The Morgan fingerprint density at radius 2 is 1.57 bits per heavy atom. The van der Waals surface area contributed by atoms with Crippen molar-refractivity contribution in [2.75, 3.05) is 0 Å². The van der Waals surface area contributed by atoms with Crippen LogP contribution < -0.4 is 0 Å². The second-order valence-corrected chi connectivity index (χ2v) is 13.1. The molecular formula is C13H27AsO7.